The van der Waals surface area contributed by atoms with Crippen LogP contribution in [0.2, 0.25) is 0 Å². The summed E-state index contributed by atoms with van der Waals surface area (Å²) < 4.78 is 5.33. The van der Waals surface area contributed by atoms with Crippen LogP contribution in [0.1, 0.15) is 43.0 Å². The molecule has 1 rings (SSSR count). The summed E-state index contributed by atoms with van der Waals surface area (Å²) in [4.78, 5) is 25.0. The van der Waals surface area contributed by atoms with E-state index in [0.717, 1.165) is 23.0 Å². The van der Waals surface area contributed by atoms with Gasteiger partial charge in [0.25, 0.3) is 0 Å². The molecule has 1 aromatic rings. The van der Waals surface area contributed by atoms with Crippen molar-refractivity contribution in [2.24, 2.45) is 0 Å². The molecule has 0 saturated carbocycles. The van der Waals surface area contributed by atoms with Gasteiger partial charge in [-0.3, -0.25) is 0 Å². The topological polar surface area (TPSA) is 46.6 Å². The first kappa shape index (κ1) is 18.2. The SMILES string of the molecule is Cc1cc(C)c(CC(C=O)N(C)C(=O)OC(C)(C)C)c(C)c1. The Balaban J connectivity index is 2.94. The lowest BCUT2D eigenvalue weighted by Gasteiger charge is -2.28. The number of aldehydes is 1. The number of aryl methyl sites for hydroxylation is 3. The zero-order valence-corrected chi connectivity index (χ0v) is 14.7. The molecular weight excluding hydrogens is 278 g/mol. The minimum atomic E-state index is -0.575. The quantitative estimate of drug-likeness (QED) is 0.799. The number of hydrogen-bond acceptors (Lipinski definition) is 3. The summed E-state index contributed by atoms with van der Waals surface area (Å²) in [5, 5.41) is 0. The molecule has 0 aliphatic heterocycles. The summed E-state index contributed by atoms with van der Waals surface area (Å²) in [6, 6.07) is 3.66. The van der Waals surface area contributed by atoms with Crippen molar-refractivity contribution < 1.29 is 14.3 Å². The molecular formula is C18H27NO3. The summed E-state index contributed by atoms with van der Waals surface area (Å²) in [5.41, 5.74) is 4.01. The lowest BCUT2D eigenvalue weighted by molar-refractivity contribution is -0.112. The zero-order chi connectivity index (χ0) is 17.1. The van der Waals surface area contributed by atoms with Crippen molar-refractivity contribution >= 4 is 12.4 Å². The van der Waals surface area contributed by atoms with Gasteiger partial charge in [-0.25, -0.2) is 4.79 Å². The molecule has 0 heterocycles. The van der Waals surface area contributed by atoms with E-state index in [-0.39, 0.29) is 0 Å². The van der Waals surface area contributed by atoms with E-state index in [1.807, 2.05) is 41.5 Å². The van der Waals surface area contributed by atoms with Crippen LogP contribution in [0.25, 0.3) is 0 Å². The zero-order valence-electron chi connectivity index (χ0n) is 14.7. The first-order valence-electron chi connectivity index (χ1n) is 7.53. The van der Waals surface area contributed by atoms with E-state index in [0.29, 0.717) is 6.42 Å². The predicted molar refractivity (Wildman–Crippen MR) is 88.2 cm³/mol. The third kappa shape index (κ3) is 4.86. The van der Waals surface area contributed by atoms with Crippen molar-refractivity contribution in [3.05, 3.63) is 34.4 Å². The molecule has 0 aliphatic rings. The van der Waals surface area contributed by atoms with Crippen molar-refractivity contribution in [1.29, 1.82) is 0 Å². The van der Waals surface area contributed by atoms with Gasteiger partial charge in [0.1, 0.15) is 11.9 Å². The van der Waals surface area contributed by atoms with Crippen LogP contribution in [0.4, 0.5) is 4.79 Å². The van der Waals surface area contributed by atoms with Crippen molar-refractivity contribution in [3.8, 4) is 0 Å². The maximum Gasteiger partial charge on any atom is 0.410 e. The van der Waals surface area contributed by atoms with E-state index in [9.17, 15) is 9.59 Å². The number of rotatable bonds is 4. The van der Waals surface area contributed by atoms with E-state index < -0.39 is 17.7 Å². The highest BCUT2D eigenvalue weighted by Gasteiger charge is 2.26. The molecule has 0 fully saturated rings. The maximum atomic E-state index is 12.1. The molecule has 0 aromatic heterocycles. The summed E-state index contributed by atoms with van der Waals surface area (Å²) in [6.07, 6.45) is 0.826. The van der Waals surface area contributed by atoms with Gasteiger partial charge in [0, 0.05) is 13.5 Å². The Morgan fingerprint density at radius 2 is 1.73 bits per heavy atom. The monoisotopic (exact) mass is 305 g/mol. The largest absolute Gasteiger partial charge is 0.444 e. The second kappa shape index (κ2) is 6.95. The summed E-state index contributed by atoms with van der Waals surface area (Å²) in [6.45, 7) is 11.5. The van der Waals surface area contributed by atoms with Gasteiger partial charge < -0.3 is 14.4 Å². The molecule has 1 amide bonds. The standard InChI is InChI=1S/C18H27NO3/c1-12-8-13(2)16(14(3)9-12)10-15(11-20)19(7)17(21)22-18(4,5)6/h8-9,11,15H,10H2,1-7H3. The summed E-state index contributed by atoms with van der Waals surface area (Å²) >= 11 is 0. The van der Waals surface area contributed by atoms with E-state index in [4.69, 9.17) is 4.74 Å². The highest BCUT2D eigenvalue weighted by atomic mass is 16.6. The van der Waals surface area contributed by atoms with Crippen LogP contribution in [0.3, 0.4) is 0 Å². The number of amides is 1. The van der Waals surface area contributed by atoms with E-state index in [2.05, 4.69) is 12.1 Å². The molecule has 4 nitrogen and oxygen atoms in total. The number of hydrogen-bond donors (Lipinski definition) is 0. The number of carbonyl (C=O) groups is 2. The Morgan fingerprint density at radius 1 is 1.23 bits per heavy atom. The van der Waals surface area contributed by atoms with Crippen molar-refractivity contribution in [1.82, 2.24) is 4.90 Å². The van der Waals surface area contributed by atoms with Crippen molar-refractivity contribution in [3.63, 3.8) is 0 Å². The summed E-state index contributed by atoms with van der Waals surface area (Å²) in [7, 11) is 1.60. The second-order valence-electron chi connectivity index (χ2n) is 6.88. The minimum absolute atomic E-state index is 0.480. The molecule has 1 unspecified atom stereocenters. The first-order valence-corrected chi connectivity index (χ1v) is 7.53. The van der Waals surface area contributed by atoms with Gasteiger partial charge in [0.05, 0.1) is 6.04 Å². The van der Waals surface area contributed by atoms with Crippen molar-refractivity contribution in [2.45, 2.75) is 59.6 Å². The Hall–Kier alpha value is -1.84. The van der Waals surface area contributed by atoms with E-state index in [1.165, 1.54) is 10.5 Å². The van der Waals surface area contributed by atoms with Gasteiger partial charge in [-0.05, 0) is 58.2 Å². The third-order valence-corrected chi connectivity index (χ3v) is 3.59. The van der Waals surface area contributed by atoms with Crippen molar-refractivity contribution in [2.75, 3.05) is 7.05 Å². The normalized spacial score (nSPS) is 12.7. The van der Waals surface area contributed by atoms with Crippen LogP contribution in [0.5, 0.6) is 0 Å². The number of likely N-dealkylation sites (N-methyl/N-ethyl adjacent to an activating group) is 1. The van der Waals surface area contributed by atoms with Crippen LogP contribution in [-0.4, -0.2) is 36.0 Å². The molecule has 0 bridgehead atoms. The van der Waals surface area contributed by atoms with E-state index >= 15 is 0 Å². The fraction of sp³-hybridized carbons (Fsp3) is 0.556. The van der Waals surface area contributed by atoms with Gasteiger partial charge in [-0.2, -0.15) is 0 Å². The molecule has 0 radical (unpaired) electrons. The van der Waals surface area contributed by atoms with Gasteiger partial charge in [-0.1, -0.05) is 17.7 Å². The molecule has 1 aromatic carbocycles. The molecule has 122 valence electrons. The molecule has 0 saturated heterocycles. The highest BCUT2D eigenvalue weighted by molar-refractivity contribution is 5.73. The van der Waals surface area contributed by atoms with Gasteiger partial charge >= 0.3 is 6.09 Å². The molecule has 1 atom stereocenters. The van der Waals surface area contributed by atoms with Crippen LogP contribution < -0.4 is 0 Å². The molecule has 4 heteroatoms. The van der Waals surface area contributed by atoms with Gasteiger partial charge in [-0.15, -0.1) is 0 Å². The summed E-state index contributed by atoms with van der Waals surface area (Å²) in [5.74, 6) is 0. The molecule has 0 N–H and O–H groups in total. The fourth-order valence-corrected chi connectivity index (χ4v) is 2.49. The fourth-order valence-electron chi connectivity index (χ4n) is 2.49. The maximum absolute atomic E-state index is 12.1. The Kier molecular flexibility index (Phi) is 5.75. The van der Waals surface area contributed by atoms with Crippen LogP contribution in [-0.2, 0) is 16.0 Å². The third-order valence-electron chi connectivity index (χ3n) is 3.59. The molecule has 0 spiro atoms. The van der Waals surface area contributed by atoms with Gasteiger partial charge in [0.15, 0.2) is 0 Å². The second-order valence-corrected chi connectivity index (χ2v) is 6.88. The average molecular weight is 305 g/mol. The molecule has 22 heavy (non-hydrogen) atoms. The first-order chi connectivity index (χ1) is 10.0. The van der Waals surface area contributed by atoms with E-state index in [1.54, 1.807) is 7.05 Å². The molecule has 0 aliphatic carbocycles. The lowest BCUT2D eigenvalue weighted by Crippen LogP contribution is -2.42. The van der Waals surface area contributed by atoms with Crippen LogP contribution >= 0.6 is 0 Å². The Labute approximate surface area is 133 Å². The Bertz CT molecular complexity index is 535. The van der Waals surface area contributed by atoms with Gasteiger partial charge in [0.2, 0.25) is 0 Å². The number of nitrogens with zero attached hydrogens (tertiary/aromatic N) is 1. The average Bonchev–Trinajstić information content (AvgIpc) is 2.35. The minimum Gasteiger partial charge on any atom is -0.444 e. The Morgan fingerprint density at radius 3 is 2.14 bits per heavy atom. The number of ether oxygens (including phenoxy) is 1. The number of benzene rings is 1. The number of carbonyl (C=O) groups excluding carboxylic acids is 2. The highest BCUT2D eigenvalue weighted by Crippen LogP contribution is 2.20. The lowest BCUT2D eigenvalue weighted by atomic mass is 9.94. The smallest absolute Gasteiger partial charge is 0.410 e. The van der Waals surface area contributed by atoms with Crippen LogP contribution in [0, 0.1) is 20.8 Å². The predicted octanol–water partition coefficient (Wildman–Crippen LogP) is 3.59. The van der Waals surface area contributed by atoms with Crippen LogP contribution in [0.15, 0.2) is 12.1 Å².